The van der Waals surface area contributed by atoms with E-state index in [1.165, 1.54) is 16.8 Å². The Kier molecular flexibility index (Phi) is 8.82. The van der Waals surface area contributed by atoms with Crippen molar-refractivity contribution in [2.45, 2.75) is 33.2 Å². The number of hydrogen-bond donors (Lipinski definition) is 2. The van der Waals surface area contributed by atoms with Crippen molar-refractivity contribution in [1.82, 2.24) is 0 Å². The van der Waals surface area contributed by atoms with Gasteiger partial charge in [0.05, 0.1) is 12.1 Å². The molecule has 0 unspecified atom stereocenters. The summed E-state index contributed by atoms with van der Waals surface area (Å²) < 4.78 is 5.52. The predicted octanol–water partition coefficient (Wildman–Crippen LogP) is 10.7. The van der Waals surface area contributed by atoms with Gasteiger partial charge in [0, 0.05) is 22.4 Å². The van der Waals surface area contributed by atoms with E-state index < -0.39 is 0 Å². The number of benzene rings is 5. The van der Waals surface area contributed by atoms with Crippen LogP contribution in [0.4, 0.5) is 5.69 Å². The fraction of sp³-hybridized carbons (Fsp3) is 0.150. The average Bonchev–Trinajstić information content (AvgIpc) is 3.02. The van der Waals surface area contributed by atoms with Crippen LogP contribution in [0.25, 0.3) is 45.0 Å². The van der Waals surface area contributed by atoms with E-state index in [0.717, 1.165) is 44.7 Å². The molecule has 0 aliphatic carbocycles. The molecule has 3 heteroatoms. The van der Waals surface area contributed by atoms with Crippen LogP contribution in [0.3, 0.4) is 0 Å². The van der Waals surface area contributed by atoms with Gasteiger partial charge in [0.2, 0.25) is 0 Å². The molecule has 1 heterocycles. The normalized spacial score (nSPS) is 13.0. The van der Waals surface area contributed by atoms with Crippen LogP contribution in [-0.4, -0.2) is 17.3 Å². The summed E-state index contributed by atoms with van der Waals surface area (Å²) in [4.78, 5) is 0. The lowest BCUT2D eigenvalue weighted by atomic mass is 9.84. The van der Waals surface area contributed by atoms with Crippen molar-refractivity contribution in [2.75, 3.05) is 11.9 Å². The zero-order valence-electron chi connectivity index (χ0n) is 25.4. The van der Waals surface area contributed by atoms with E-state index in [1.807, 2.05) is 73.7 Å². The summed E-state index contributed by atoms with van der Waals surface area (Å²) in [5.74, 6) is 1.18. The highest BCUT2D eigenvalue weighted by molar-refractivity contribution is 5.99. The first-order valence-electron chi connectivity index (χ1n) is 14.7. The van der Waals surface area contributed by atoms with Gasteiger partial charge < -0.3 is 15.2 Å². The topological polar surface area (TPSA) is 41.5 Å². The van der Waals surface area contributed by atoms with Gasteiger partial charge in [0.15, 0.2) is 0 Å². The molecule has 2 N–H and O–H groups in total. The van der Waals surface area contributed by atoms with E-state index in [0.29, 0.717) is 6.61 Å². The summed E-state index contributed by atoms with van der Waals surface area (Å²) in [5.41, 5.74) is 10.8. The molecule has 5 aromatic carbocycles. The van der Waals surface area contributed by atoms with E-state index in [1.54, 1.807) is 6.08 Å². The van der Waals surface area contributed by atoms with E-state index in [-0.39, 0.29) is 11.3 Å². The summed E-state index contributed by atoms with van der Waals surface area (Å²) in [6.45, 7) is 13.2. The molecule has 0 atom stereocenters. The number of anilines is 1. The van der Waals surface area contributed by atoms with Gasteiger partial charge in [-0.3, -0.25) is 0 Å². The van der Waals surface area contributed by atoms with Gasteiger partial charge in [0.25, 0.3) is 0 Å². The van der Waals surface area contributed by atoms with Gasteiger partial charge >= 0.3 is 0 Å². The number of phenols is 1. The minimum atomic E-state index is 0.0320. The molecule has 0 aromatic heterocycles. The van der Waals surface area contributed by atoms with Crippen molar-refractivity contribution in [3.05, 3.63) is 139 Å². The van der Waals surface area contributed by atoms with Gasteiger partial charge in [0.1, 0.15) is 11.5 Å². The summed E-state index contributed by atoms with van der Waals surface area (Å²) in [6.07, 6.45) is 3.99. The number of phenolic OH excluding ortho intramolecular Hbond substituents is 1. The van der Waals surface area contributed by atoms with Crippen LogP contribution in [0.1, 0.15) is 38.8 Å². The number of rotatable bonds is 6. The minimum Gasteiger partial charge on any atom is -0.507 e. The van der Waals surface area contributed by atoms with E-state index in [9.17, 15) is 5.11 Å². The van der Waals surface area contributed by atoms with Gasteiger partial charge in [-0.1, -0.05) is 110 Å². The van der Waals surface area contributed by atoms with Gasteiger partial charge in [-0.25, -0.2) is 0 Å². The maximum absolute atomic E-state index is 10.8. The molecule has 0 saturated heterocycles. The fourth-order valence-corrected chi connectivity index (χ4v) is 5.76. The molecule has 6 rings (SSSR count). The van der Waals surface area contributed by atoms with Gasteiger partial charge in [-0.05, 0) is 85.4 Å². The standard InChI is InChI=1S/C26H20O.C14H19NO/c1-2-22-24(27)18-23(19-12-6-3-7-13-19)26(21-16-10-5-11-17-21)25(22)20-14-8-4-9-15-20;1-5-16-11-6-7-13-12(8-11)10(2)9-14(3,4)15-13/h2-18,27H,1H2;6-9,15H,5H2,1-4H3. The number of nitrogens with one attached hydrogen (secondary N) is 1. The van der Waals surface area contributed by atoms with Crippen LogP contribution in [0.5, 0.6) is 11.5 Å². The number of fused-ring (bicyclic) bond motifs is 1. The van der Waals surface area contributed by atoms with Gasteiger partial charge in [-0.2, -0.15) is 0 Å². The summed E-state index contributed by atoms with van der Waals surface area (Å²) >= 11 is 0. The summed E-state index contributed by atoms with van der Waals surface area (Å²) in [5, 5.41) is 14.3. The Morgan fingerprint density at radius 3 is 1.86 bits per heavy atom. The second-order valence-electron chi connectivity index (χ2n) is 11.2. The molecule has 0 fully saturated rings. The number of ether oxygens (including phenoxy) is 1. The second kappa shape index (κ2) is 12.9. The Morgan fingerprint density at radius 1 is 0.744 bits per heavy atom. The first-order valence-corrected chi connectivity index (χ1v) is 14.7. The van der Waals surface area contributed by atoms with Crippen molar-refractivity contribution in [3.63, 3.8) is 0 Å². The molecule has 1 aliphatic heterocycles. The third-order valence-electron chi connectivity index (χ3n) is 7.52. The highest BCUT2D eigenvalue weighted by atomic mass is 16.5. The summed E-state index contributed by atoms with van der Waals surface area (Å²) in [6, 6.07) is 38.7. The SMILES string of the molecule is C=Cc1c(O)cc(-c2ccccc2)c(-c2ccccc2)c1-c1ccccc1.CCOc1ccc2c(c1)C(C)=CC(C)(C)N2. The van der Waals surface area contributed by atoms with Crippen LogP contribution in [-0.2, 0) is 0 Å². The highest BCUT2D eigenvalue weighted by Crippen LogP contribution is 2.46. The molecule has 1 aliphatic rings. The lowest BCUT2D eigenvalue weighted by Crippen LogP contribution is -2.31. The van der Waals surface area contributed by atoms with Crippen molar-refractivity contribution < 1.29 is 9.84 Å². The van der Waals surface area contributed by atoms with Crippen LogP contribution in [0, 0.1) is 0 Å². The smallest absolute Gasteiger partial charge is 0.124 e. The number of allylic oxidation sites excluding steroid dienone is 1. The van der Waals surface area contributed by atoms with E-state index >= 15 is 0 Å². The molecule has 0 spiro atoms. The highest BCUT2D eigenvalue weighted by Gasteiger charge is 2.23. The Balaban J connectivity index is 0.000000196. The predicted molar refractivity (Wildman–Crippen MR) is 183 cm³/mol. The van der Waals surface area contributed by atoms with Crippen LogP contribution in [0.15, 0.2) is 128 Å². The number of aromatic hydroxyl groups is 1. The van der Waals surface area contributed by atoms with Crippen molar-refractivity contribution in [2.24, 2.45) is 0 Å². The molecular weight excluding hydrogens is 526 g/mol. The average molecular weight is 566 g/mol. The Morgan fingerprint density at radius 2 is 1.30 bits per heavy atom. The molecular formula is C40H39NO2. The summed E-state index contributed by atoms with van der Waals surface area (Å²) in [7, 11) is 0. The lowest BCUT2D eigenvalue weighted by Gasteiger charge is -2.31. The van der Waals surface area contributed by atoms with E-state index in [2.05, 4.69) is 87.3 Å². The number of hydrogen-bond acceptors (Lipinski definition) is 3. The van der Waals surface area contributed by atoms with Crippen LogP contribution < -0.4 is 10.1 Å². The second-order valence-corrected chi connectivity index (χ2v) is 11.2. The quantitative estimate of drug-likeness (QED) is 0.215. The van der Waals surface area contributed by atoms with Crippen molar-refractivity contribution in [1.29, 1.82) is 0 Å². The monoisotopic (exact) mass is 565 g/mol. The first-order chi connectivity index (χ1) is 20.8. The van der Waals surface area contributed by atoms with E-state index in [4.69, 9.17) is 4.74 Å². The lowest BCUT2D eigenvalue weighted by molar-refractivity contribution is 0.340. The molecule has 5 aromatic rings. The third-order valence-corrected chi connectivity index (χ3v) is 7.52. The largest absolute Gasteiger partial charge is 0.507 e. The maximum atomic E-state index is 10.8. The van der Waals surface area contributed by atoms with Crippen molar-refractivity contribution >= 4 is 17.3 Å². The Bertz CT molecular complexity index is 1740. The Hall–Kier alpha value is -5.02. The van der Waals surface area contributed by atoms with Crippen molar-refractivity contribution in [3.8, 4) is 44.9 Å². The minimum absolute atomic E-state index is 0.0320. The van der Waals surface area contributed by atoms with Gasteiger partial charge in [-0.15, -0.1) is 0 Å². The molecule has 0 radical (unpaired) electrons. The maximum Gasteiger partial charge on any atom is 0.124 e. The fourth-order valence-electron chi connectivity index (χ4n) is 5.76. The molecule has 43 heavy (non-hydrogen) atoms. The molecule has 0 amide bonds. The van der Waals surface area contributed by atoms with Crippen LogP contribution in [0.2, 0.25) is 0 Å². The molecule has 216 valence electrons. The molecule has 0 bridgehead atoms. The third kappa shape index (κ3) is 6.57. The first kappa shape index (κ1) is 29.5. The molecule has 3 nitrogen and oxygen atoms in total. The van der Waals surface area contributed by atoms with Crippen LogP contribution >= 0.6 is 0 Å². The zero-order valence-corrected chi connectivity index (χ0v) is 25.4. The zero-order chi connectivity index (χ0) is 30.4. The Labute approximate surface area is 255 Å². The molecule has 0 saturated carbocycles.